The van der Waals surface area contributed by atoms with E-state index in [4.69, 9.17) is 4.74 Å². The number of nitrogens with zero attached hydrogens (tertiary/aromatic N) is 1. The van der Waals surface area contributed by atoms with Crippen molar-refractivity contribution in [3.05, 3.63) is 29.8 Å². The third-order valence-electron chi connectivity index (χ3n) is 4.69. The summed E-state index contributed by atoms with van der Waals surface area (Å²) in [6, 6.07) is 7.85. The van der Waals surface area contributed by atoms with Crippen molar-refractivity contribution in [2.24, 2.45) is 0 Å². The summed E-state index contributed by atoms with van der Waals surface area (Å²) in [6.07, 6.45) is 5.02. The standard InChI is InChI=1S/C17H23NO3/c19-17(20)15-7-2-1-5-10-18(15)12-13-9-11-21-16-8-4-3-6-14(13)16/h3-4,6,8,13,15H,1-2,5,7,9-12H2,(H,19,20). The molecule has 114 valence electrons. The highest BCUT2D eigenvalue weighted by Gasteiger charge is 2.31. The number of carbonyl (C=O) groups is 1. The lowest BCUT2D eigenvalue weighted by atomic mass is 9.92. The van der Waals surface area contributed by atoms with Crippen molar-refractivity contribution in [1.29, 1.82) is 0 Å². The van der Waals surface area contributed by atoms with Gasteiger partial charge in [-0.2, -0.15) is 0 Å². The summed E-state index contributed by atoms with van der Waals surface area (Å²) >= 11 is 0. The van der Waals surface area contributed by atoms with Gasteiger partial charge in [0, 0.05) is 12.5 Å². The van der Waals surface area contributed by atoms with Crippen LogP contribution in [0.5, 0.6) is 5.75 Å². The monoisotopic (exact) mass is 289 g/mol. The van der Waals surface area contributed by atoms with Crippen molar-refractivity contribution in [2.45, 2.75) is 44.1 Å². The van der Waals surface area contributed by atoms with Crippen LogP contribution >= 0.6 is 0 Å². The summed E-state index contributed by atoms with van der Waals surface area (Å²) in [5.41, 5.74) is 1.23. The average molecular weight is 289 g/mol. The topological polar surface area (TPSA) is 49.8 Å². The largest absolute Gasteiger partial charge is 0.493 e. The van der Waals surface area contributed by atoms with Crippen molar-refractivity contribution in [3.8, 4) is 5.75 Å². The van der Waals surface area contributed by atoms with Crippen LogP contribution in [0, 0.1) is 0 Å². The maximum absolute atomic E-state index is 11.5. The number of hydrogen-bond acceptors (Lipinski definition) is 3. The normalized spacial score (nSPS) is 26.5. The molecule has 0 spiro atoms. The zero-order valence-corrected chi connectivity index (χ0v) is 12.3. The minimum atomic E-state index is -0.669. The lowest BCUT2D eigenvalue weighted by Gasteiger charge is -2.33. The lowest BCUT2D eigenvalue weighted by Crippen LogP contribution is -2.43. The van der Waals surface area contributed by atoms with Gasteiger partial charge >= 0.3 is 5.97 Å². The number of likely N-dealkylation sites (tertiary alicyclic amines) is 1. The molecule has 2 unspecified atom stereocenters. The van der Waals surface area contributed by atoms with Gasteiger partial charge in [-0.25, -0.2) is 0 Å². The van der Waals surface area contributed by atoms with Gasteiger partial charge in [0.1, 0.15) is 11.8 Å². The molecule has 4 heteroatoms. The smallest absolute Gasteiger partial charge is 0.320 e. The molecular weight excluding hydrogens is 266 g/mol. The summed E-state index contributed by atoms with van der Waals surface area (Å²) in [7, 11) is 0. The predicted octanol–water partition coefficient (Wildman–Crippen LogP) is 2.88. The maximum atomic E-state index is 11.5. The van der Waals surface area contributed by atoms with Crippen LogP contribution in [0.1, 0.15) is 43.6 Å². The molecule has 0 aromatic heterocycles. The molecule has 0 amide bonds. The molecule has 1 aromatic rings. The van der Waals surface area contributed by atoms with E-state index in [-0.39, 0.29) is 6.04 Å². The molecule has 2 aliphatic rings. The van der Waals surface area contributed by atoms with E-state index in [0.717, 1.165) is 57.6 Å². The van der Waals surface area contributed by atoms with Gasteiger partial charge in [-0.3, -0.25) is 9.69 Å². The summed E-state index contributed by atoms with van der Waals surface area (Å²) in [5.74, 6) is 0.683. The fourth-order valence-corrected chi connectivity index (χ4v) is 3.55. The Labute approximate surface area is 125 Å². The molecule has 1 fully saturated rings. The average Bonchev–Trinajstić information content (AvgIpc) is 2.73. The second-order valence-electron chi connectivity index (χ2n) is 6.07. The predicted molar refractivity (Wildman–Crippen MR) is 80.8 cm³/mol. The fraction of sp³-hybridized carbons (Fsp3) is 0.588. The molecule has 1 N–H and O–H groups in total. The Hall–Kier alpha value is -1.55. The maximum Gasteiger partial charge on any atom is 0.320 e. The van der Waals surface area contributed by atoms with Gasteiger partial charge in [0.05, 0.1) is 6.61 Å². The van der Waals surface area contributed by atoms with Crippen LogP contribution in [0.2, 0.25) is 0 Å². The SMILES string of the molecule is O=C(O)C1CCCCCN1CC1CCOc2ccccc21. The van der Waals surface area contributed by atoms with Crippen LogP contribution < -0.4 is 4.74 Å². The van der Waals surface area contributed by atoms with Crippen LogP contribution in [-0.2, 0) is 4.79 Å². The molecular formula is C17H23NO3. The second-order valence-corrected chi connectivity index (χ2v) is 6.07. The van der Waals surface area contributed by atoms with E-state index in [1.165, 1.54) is 5.56 Å². The molecule has 3 rings (SSSR count). The molecule has 0 saturated carbocycles. The van der Waals surface area contributed by atoms with Crippen LogP contribution in [0.4, 0.5) is 0 Å². The first-order valence-corrected chi connectivity index (χ1v) is 7.94. The number of hydrogen-bond donors (Lipinski definition) is 1. The number of ether oxygens (including phenoxy) is 1. The Morgan fingerprint density at radius 2 is 2.10 bits per heavy atom. The minimum Gasteiger partial charge on any atom is -0.493 e. The number of para-hydroxylation sites is 1. The quantitative estimate of drug-likeness (QED) is 0.929. The first kappa shape index (κ1) is 14.4. The first-order valence-electron chi connectivity index (χ1n) is 7.94. The first-order chi connectivity index (χ1) is 10.3. The number of carboxylic acid groups (broad SMARTS) is 1. The van der Waals surface area contributed by atoms with E-state index >= 15 is 0 Å². The molecule has 0 aliphatic carbocycles. The number of rotatable bonds is 3. The van der Waals surface area contributed by atoms with Crippen LogP contribution in [0.3, 0.4) is 0 Å². The fourth-order valence-electron chi connectivity index (χ4n) is 3.55. The van der Waals surface area contributed by atoms with E-state index in [9.17, 15) is 9.90 Å². The van der Waals surface area contributed by atoms with Crippen molar-refractivity contribution in [2.75, 3.05) is 19.7 Å². The van der Waals surface area contributed by atoms with Crippen molar-refractivity contribution < 1.29 is 14.6 Å². The van der Waals surface area contributed by atoms with Crippen LogP contribution in [0.15, 0.2) is 24.3 Å². The number of fused-ring (bicyclic) bond motifs is 1. The second kappa shape index (κ2) is 6.48. The number of carboxylic acids is 1. The zero-order valence-electron chi connectivity index (χ0n) is 12.3. The highest BCUT2D eigenvalue weighted by Crippen LogP contribution is 2.34. The Kier molecular flexibility index (Phi) is 4.44. The highest BCUT2D eigenvalue weighted by molar-refractivity contribution is 5.73. The van der Waals surface area contributed by atoms with E-state index in [1.54, 1.807) is 0 Å². The van der Waals surface area contributed by atoms with Crippen molar-refractivity contribution in [3.63, 3.8) is 0 Å². The van der Waals surface area contributed by atoms with Crippen LogP contribution in [0.25, 0.3) is 0 Å². The highest BCUT2D eigenvalue weighted by atomic mass is 16.5. The summed E-state index contributed by atoms with van der Waals surface area (Å²) < 4.78 is 5.71. The summed E-state index contributed by atoms with van der Waals surface area (Å²) in [6.45, 7) is 2.46. The van der Waals surface area contributed by atoms with Crippen molar-refractivity contribution >= 4 is 5.97 Å². The van der Waals surface area contributed by atoms with E-state index in [1.807, 2.05) is 18.2 Å². The third-order valence-corrected chi connectivity index (χ3v) is 4.69. The molecule has 4 nitrogen and oxygen atoms in total. The third kappa shape index (κ3) is 3.21. The van der Waals surface area contributed by atoms with Gasteiger partial charge < -0.3 is 9.84 Å². The zero-order chi connectivity index (χ0) is 14.7. The Bertz CT molecular complexity index is 503. The number of benzene rings is 1. The summed E-state index contributed by atoms with van der Waals surface area (Å²) in [5, 5.41) is 9.49. The molecule has 21 heavy (non-hydrogen) atoms. The molecule has 1 aromatic carbocycles. The van der Waals surface area contributed by atoms with Gasteiger partial charge in [0.25, 0.3) is 0 Å². The molecule has 2 heterocycles. The minimum absolute atomic E-state index is 0.317. The Balaban J connectivity index is 1.77. The van der Waals surface area contributed by atoms with Gasteiger partial charge in [0.15, 0.2) is 0 Å². The number of aliphatic carboxylic acids is 1. The Morgan fingerprint density at radius 3 is 2.95 bits per heavy atom. The van der Waals surface area contributed by atoms with E-state index in [0.29, 0.717) is 5.92 Å². The molecule has 1 saturated heterocycles. The Morgan fingerprint density at radius 1 is 1.24 bits per heavy atom. The molecule has 2 aliphatic heterocycles. The lowest BCUT2D eigenvalue weighted by molar-refractivity contribution is -0.143. The summed E-state index contributed by atoms with van der Waals surface area (Å²) in [4.78, 5) is 13.7. The van der Waals surface area contributed by atoms with E-state index in [2.05, 4.69) is 11.0 Å². The van der Waals surface area contributed by atoms with E-state index < -0.39 is 5.97 Å². The van der Waals surface area contributed by atoms with Gasteiger partial charge in [-0.1, -0.05) is 31.0 Å². The molecule has 0 radical (unpaired) electrons. The van der Waals surface area contributed by atoms with Crippen LogP contribution in [-0.4, -0.2) is 41.7 Å². The van der Waals surface area contributed by atoms with Gasteiger partial charge in [-0.15, -0.1) is 0 Å². The molecule has 2 atom stereocenters. The van der Waals surface area contributed by atoms with Gasteiger partial charge in [0.2, 0.25) is 0 Å². The van der Waals surface area contributed by atoms with Gasteiger partial charge in [-0.05, 0) is 37.4 Å². The van der Waals surface area contributed by atoms with Crippen molar-refractivity contribution in [1.82, 2.24) is 4.90 Å². The molecule has 0 bridgehead atoms.